The third kappa shape index (κ3) is 5.74. The number of fused-ring (bicyclic) bond motifs is 3. The van der Waals surface area contributed by atoms with Crippen molar-refractivity contribution in [3.8, 4) is 10.6 Å². The van der Waals surface area contributed by atoms with Gasteiger partial charge in [-0.25, -0.2) is 4.98 Å². The first-order chi connectivity index (χ1) is 13.7. The highest BCUT2D eigenvalue weighted by atomic mass is 32.1. The molecule has 6 nitrogen and oxygen atoms in total. The Hall–Kier alpha value is -2.51. The molecule has 1 aromatic carbocycles. The van der Waals surface area contributed by atoms with Gasteiger partial charge in [0, 0.05) is 18.2 Å². The predicted octanol–water partition coefficient (Wildman–Crippen LogP) is 3.53. The third-order valence-electron chi connectivity index (χ3n) is 4.87. The van der Waals surface area contributed by atoms with E-state index in [2.05, 4.69) is 15.2 Å². The van der Waals surface area contributed by atoms with Crippen LogP contribution in [0.15, 0.2) is 48.9 Å². The van der Waals surface area contributed by atoms with Crippen LogP contribution in [0.3, 0.4) is 0 Å². The molecule has 2 bridgehead atoms. The molecule has 3 fully saturated rings. The Morgan fingerprint density at radius 3 is 2.46 bits per heavy atom. The maximum absolute atomic E-state index is 12.5. The highest BCUT2D eigenvalue weighted by Gasteiger charge is 2.35. The van der Waals surface area contributed by atoms with Crippen molar-refractivity contribution < 1.29 is 14.7 Å². The van der Waals surface area contributed by atoms with Gasteiger partial charge in [0.15, 0.2) is 0 Å². The summed E-state index contributed by atoms with van der Waals surface area (Å²) in [4.78, 5) is 28.0. The number of nitrogens with one attached hydrogen (secondary N) is 1. The summed E-state index contributed by atoms with van der Waals surface area (Å²) in [6, 6.07) is 10.3. The van der Waals surface area contributed by atoms with Crippen molar-refractivity contribution >= 4 is 24.0 Å². The number of nitrogens with zero attached hydrogens (tertiary/aromatic N) is 2. The van der Waals surface area contributed by atoms with Crippen LogP contribution >= 0.6 is 11.3 Å². The Bertz CT molecular complexity index is 751. The number of hydrogen-bond donors (Lipinski definition) is 2. The minimum absolute atomic E-state index is 0.0263. The molecule has 28 heavy (non-hydrogen) atoms. The average molecular weight is 402 g/mol. The molecule has 0 saturated carbocycles. The number of aliphatic hydroxyl groups is 1. The lowest BCUT2D eigenvalue weighted by Gasteiger charge is -2.44. The van der Waals surface area contributed by atoms with Crippen LogP contribution in [0.2, 0.25) is 0 Å². The van der Waals surface area contributed by atoms with E-state index in [-0.39, 0.29) is 5.91 Å². The lowest BCUT2D eigenvalue weighted by Crippen LogP contribution is -2.57. The van der Waals surface area contributed by atoms with Gasteiger partial charge in [-0.2, -0.15) is 0 Å². The second kappa shape index (κ2) is 11.4. The second-order valence-electron chi connectivity index (χ2n) is 6.60. The van der Waals surface area contributed by atoms with Gasteiger partial charge in [-0.15, -0.1) is 11.3 Å². The number of benzene rings is 1. The van der Waals surface area contributed by atoms with E-state index in [1.165, 1.54) is 37.3 Å². The van der Waals surface area contributed by atoms with E-state index in [0.29, 0.717) is 16.8 Å². The molecule has 0 unspecified atom stereocenters. The van der Waals surface area contributed by atoms with Crippen molar-refractivity contribution in [1.82, 2.24) is 15.2 Å². The highest BCUT2D eigenvalue weighted by Crippen LogP contribution is 2.29. The topological polar surface area (TPSA) is 82.5 Å². The van der Waals surface area contributed by atoms with E-state index in [0.717, 1.165) is 23.4 Å². The summed E-state index contributed by atoms with van der Waals surface area (Å²) in [6.07, 6.45) is 6.68. The van der Waals surface area contributed by atoms with Gasteiger partial charge in [0.2, 0.25) is 0 Å². The van der Waals surface area contributed by atoms with E-state index >= 15 is 0 Å². The van der Waals surface area contributed by atoms with Gasteiger partial charge in [-0.3, -0.25) is 4.79 Å². The number of thiazole rings is 1. The molecular weight excluding hydrogens is 374 g/mol. The Balaban J connectivity index is 0.000000419. The van der Waals surface area contributed by atoms with Gasteiger partial charge >= 0.3 is 0 Å². The largest absolute Gasteiger partial charge is 0.516 e. The van der Waals surface area contributed by atoms with E-state index in [1.807, 2.05) is 37.1 Å². The van der Waals surface area contributed by atoms with Crippen molar-refractivity contribution in [2.45, 2.75) is 25.8 Å². The van der Waals surface area contributed by atoms with Gasteiger partial charge < -0.3 is 20.1 Å². The van der Waals surface area contributed by atoms with Crippen LogP contribution in [0.25, 0.3) is 10.6 Å². The minimum atomic E-state index is 0.0263. The maximum atomic E-state index is 12.5. The number of carbonyl (C=O) groups excluding carboxylic acids is 2. The molecule has 0 radical (unpaired) electrons. The number of piperidine rings is 3. The van der Waals surface area contributed by atoms with Gasteiger partial charge in [0.25, 0.3) is 5.91 Å². The van der Waals surface area contributed by atoms with Gasteiger partial charge in [0.1, 0.15) is 16.7 Å². The Morgan fingerprint density at radius 1 is 1.29 bits per heavy atom. The molecule has 0 spiro atoms. The van der Waals surface area contributed by atoms with Crippen LogP contribution in [0.1, 0.15) is 29.4 Å². The summed E-state index contributed by atoms with van der Waals surface area (Å²) in [7, 11) is 0. The lowest BCUT2D eigenvalue weighted by molar-refractivity contribution is -0.0980. The fraction of sp³-hybridized carbons (Fsp3) is 0.381. The monoisotopic (exact) mass is 401 g/mol. The van der Waals surface area contributed by atoms with Crippen molar-refractivity contribution in [2.75, 3.05) is 19.6 Å². The van der Waals surface area contributed by atoms with Crippen molar-refractivity contribution in [3.05, 3.63) is 53.7 Å². The molecule has 1 amide bonds. The summed E-state index contributed by atoms with van der Waals surface area (Å²) in [5.74, 6) is 0.675. The standard InChI is InChI=1S/C17H19N3OS.C3H6O.CH2O/c21-16(19-14-11-20-8-6-12(14)7-9-20)15-10-18-17(22-15)13-4-2-1-3-5-13;1-2-3-4;1-2/h1-5,10,12,14H,6-9,11H2,(H,19,21);2-4H,1H3;1H2/b;3-2+;/t14-;;/m0../s1. The zero-order valence-corrected chi connectivity index (χ0v) is 16.9. The van der Waals surface area contributed by atoms with Gasteiger partial charge in [-0.1, -0.05) is 36.4 Å². The number of rotatable bonds is 3. The molecule has 5 rings (SSSR count). The van der Waals surface area contributed by atoms with Crippen LogP contribution in [-0.2, 0) is 4.79 Å². The number of carbonyl (C=O) groups is 2. The van der Waals surface area contributed by atoms with Crippen LogP contribution in [0.4, 0.5) is 0 Å². The van der Waals surface area contributed by atoms with Crippen molar-refractivity contribution in [1.29, 1.82) is 0 Å². The molecule has 1 atom stereocenters. The van der Waals surface area contributed by atoms with E-state index < -0.39 is 0 Å². The molecule has 2 aromatic rings. The Morgan fingerprint density at radius 2 is 1.93 bits per heavy atom. The average Bonchev–Trinajstić information content (AvgIpc) is 3.27. The van der Waals surface area contributed by atoms with Crippen LogP contribution in [-0.4, -0.2) is 53.4 Å². The van der Waals surface area contributed by atoms with Crippen molar-refractivity contribution in [3.63, 3.8) is 0 Å². The molecule has 0 aliphatic carbocycles. The number of allylic oxidation sites excluding steroid dienone is 1. The van der Waals surface area contributed by atoms with Crippen LogP contribution < -0.4 is 5.32 Å². The molecule has 3 aliphatic heterocycles. The molecule has 2 N–H and O–H groups in total. The minimum Gasteiger partial charge on any atom is -0.516 e. The summed E-state index contributed by atoms with van der Waals surface area (Å²) in [6.45, 7) is 7.13. The number of aliphatic hydroxyl groups excluding tert-OH is 1. The zero-order chi connectivity index (χ0) is 20.4. The second-order valence-corrected chi connectivity index (χ2v) is 7.63. The fourth-order valence-corrected chi connectivity index (χ4v) is 4.29. The Kier molecular flexibility index (Phi) is 8.84. The van der Waals surface area contributed by atoms with E-state index in [1.54, 1.807) is 19.2 Å². The van der Waals surface area contributed by atoms with Crippen molar-refractivity contribution in [2.24, 2.45) is 5.92 Å². The first kappa shape index (κ1) is 21.8. The predicted molar refractivity (Wildman–Crippen MR) is 113 cm³/mol. The van der Waals surface area contributed by atoms with Crippen LogP contribution in [0.5, 0.6) is 0 Å². The number of hydrogen-bond acceptors (Lipinski definition) is 6. The summed E-state index contributed by atoms with van der Waals surface area (Å²) in [5.41, 5.74) is 1.06. The smallest absolute Gasteiger partial charge is 0.263 e. The fourth-order valence-electron chi connectivity index (χ4n) is 3.46. The molecule has 1 aromatic heterocycles. The molecule has 150 valence electrons. The molecular formula is C21H27N3O3S. The first-order valence-electron chi connectivity index (χ1n) is 9.30. The molecule has 7 heteroatoms. The zero-order valence-electron chi connectivity index (χ0n) is 16.1. The number of amides is 1. The van der Waals surface area contributed by atoms with E-state index in [4.69, 9.17) is 9.90 Å². The lowest BCUT2D eigenvalue weighted by atomic mass is 9.84. The first-order valence-corrected chi connectivity index (χ1v) is 10.1. The number of aromatic nitrogens is 1. The summed E-state index contributed by atoms with van der Waals surface area (Å²) < 4.78 is 0. The summed E-state index contributed by atoms with van der Waals surface area (Å²) >= 11 is 1.47. The van der Waals surface area contributed by atoms with E-state index in [9.17, 15) is 4.79 Å². The van der Waals surface area contributed by atoms with Gasteiger partial charge in [0.05, 0.1) is 12.5 Å². The summed E-state index contributed by atoms with van der Waals surface area (Å²) in [5, 5.41) is 11.8. The highest BCUT2D eigenvalue weighted by molar-refractivity contribution is 7.16. The van der Waals surface area contributed by atoms with Crippen LogP contribution in [0, 0.1) is 5.92 Å². The Labute approximate surface area is 169 Å². The maximum Gasteiger partial charge on any atom is 0.263 e. The molecule has 3 aliphatic rings. The normalized spacial score (nSPS) is 22.5. The molecule has 3 saturated heterocycles. The van der Waals surface area contributed by atoms with Gasteiger partial charge in [-0.05, 0) is 38.8 Å². The quantitative estimate of drug-likeness (QED) is 0.769. The molecule has 4 heterocycles. The SMILES string of the molecule is C/C=C/O.C=O.O=C(N[C@H]1CN2CCC1CC2)c1cnc(-c2ccccc2)s1. The third-order valence-corrected chi connectivity index (χ3v) is 5.92.